The zero-order valence-electron chi connectivity index (χ0n) is 10.1. The molecule has 2 N–H and O–H groups in total. The van der Waals surface area contributed by atoms with Crippen LogP contribution in [0.3, 0.4) is 0 Å². The second-order valence-electron chi connectivity index (χ2n) is 4.19. The maximum absolute atomic E-state index is 12.4. The predicted octanol–water partition coefficient (Wildman–Crippen LogP) is 3.45. The minimum absolute atomic E-state index is 0.0316. The van der Waals surface area contributed by atoms with Crippen LogP contribution in [0.4, 0.5) is 0 Å². The molecule has 2 nitrogen and oxygen atoms in total. The summed E-state index contributed by atoms with van der Waals surface area (Å²) in [4.78, 5) is 12.4. The number of hydrogen-bond acceptors (Lipinski definition) is 2. The van der Waals surface area contributed by atoms with Gasteiger partial charge in [0.15, 0.2) is 5.78 Å². The van der Waals surface area contributed by atoms with Gasteiger partial charge < -0.3 is 5.73 Å². The Hall–Kier alpha value is -1.45. The van der Waals surface area contributed by atoms with E-state index in [0.717, 1.165) is 21.2 Å². The summed E-state index contributed by atoms with van der Waals surface area (Å²) in [6, 6.07) is 13.2. The van der Waals surface area contributed by atoms with Crippen molar-refractivity contribution in [2.45, 2.75) is 13.5 Å². The van der Waals surface area contributed by atoms with Crippen LogP contribution in [0.15, 0.2) is 46.9 Å². The zero-order chi connectivity index (χ0) is 13.1. The first kappa shape index (κ1) is 13.0. The number of aryl methyl sites for hydroxylation is 1. The summed E-state index contributed by atoms with van der Waals surface area (Å²) in [6.45, 7) is 2.38. The Bertz CT molecular complexity index is 593. The highest BCUT2D eigenvalue weighted by molar-refractivity contribution is 9.10. The fourth-order valence-corrected chi connectivity index (χ4v) is 2.19. The van der Waals surface area contributed by atoms with Gasteiger partial charge in [0.05, 0.1) is 0 Å². The first-order valence-electron chi connectivity index (χ1n) is 5.71. The molecule has 0 atom stereocenters. The number of nitrogens with two attached hydrogens (primary N) is 1. The Kier molecular flexibility index (Phi) is 3.94. The molecule has 0 spiro atoms. The highest BCUT2D eigenvalue weighted by Crippen LogP contribution is 2.19. The van der Waals surface area contributed by atoms with Crippen LogP contribution in [0.2, 0.25) is 0 Å². The third-order valence-corrected chi connectivity index (χ3v) is 3.36. The van der Waals surface area contributed by atoms with E-state index in [0.29, 0.717) is 12.1 Å². The van der Waals surface area contributed by atoms with E-state index < -0.39 is 0 Å². The fourth-order valence-electron chi connectivity index (χ4n) is 1.83. The van der Waals surface area contributed by atoms with Gasteiger partial charge >= 0.3 is 0 Å². The molecule has 2 aromatic rings. The molecule has 0 fully saturated rings. The highest BCUT2D eigenvalue weighted by Gasteiger charge is 2.12. The minimum atomic E-state index is 0.0316. The van der Waals surface area contributed by atoms with Gasteiger partial charge in [0.1, 0.15) is 0 Å². The van der Waals surface area contributed by atoms with E-state index in [-0.39, 0.29) is 5.78 Å². The van der Waals surface area contributed by atoms with Gasteiger partial charge in [0.2, 0.25) is 0 Å². The summed E-state index contributed by atoms with van der Waals surface area (Å²) in [5.74, 6) is 0.0316. The van der Waals surface area contributed by atoms with Crippen molar-refractivity contribution in [2.75, 3.05) is 0 Å². The Morgan fingerprint density at radius 1 is 1.22 bits per heavy atom. The third-order valence-electron chi connectivity index (χ3n) is 2.87. The van der Waals surface area contributed by atoms with Crippen LogP contribution in [0, 0.1) is 6.92 Å². The van der Waals surface area contributed by atoms with Gasteiger partial charge in [-0.25, -0.2) is 0 Å². The van der Waals surface area contributed by atoms with Crippen molar-refractivity contribution in [2.24, 2.45) is 5.73 Å². The lowest BCUT2D eigenvalue weighted by Crippen LogP contribution is -2.05. The number of benzene rings is 2. The van der Waals surface area contributed by atoms with Gasteiger partial charge in [-0.2, -0.15) is 0 Å². The van der Waals surface area contributed by atoms with Crippen LogP contribution in [-0.4, -0.2) is 5.78 Å². The Morgan fingerprint density at radius 2 is 2.00 bits per heavy atom. The van der Waals surface area contributed by atoms with Gasteiger partial charge in [0, 0.05) is 22.1 Å². The van der Waals surface area contributed by atoms with Gasteiger partial charge in [-0.15, -0.1) is 0 Å². The van der Waals surface area contributed by atoms with Crippen LogP contribution >= 0.6 is 15.9 Å². The summed E-state index contributed by atoms with van der Waals surface area (Å²) in [5, 5.41) is 0. The van der Waals surface area contributed by atoms with Gasteiger partial charge in [0.25, 0.3) is 0 Å². The van der Waals surface area contributed by atoms with Crippen molar-refractivity contribution in [3.05, 3.63) is 69.2 Å². The molecule has 0 heterocycles. The molecule has 0 bridgehead atoms. The van der Waals surface area contributed by atoms with Crippen LogP contribution in [0.1, 0.15) is 27.0 Å². The topological polar surface area (TPSA) is 43.1 Å². The maximum Gasteiger partial charge on any atom is 0.193 e. The summed E-state index contributed by atoms with van der Waals surface area (Å²) >= 11 is 3.39. The molecule has 0 aliphatic rings. The van der Waals surface area contributed by atoms with Crippen molar-refractivity contribution in [1.29, 1.82) is 0 Å². The fraction of sp³-hybridized carbons (Fsp3) is 0.133. The molecule has 2 aromatic carbocycles. The second kappa shape index (κ2) is 5.46. The quantitative estimate of drug-likeness (QED) is 0.883. The van der Waals surface area contributed by atoms with E-state index in [1.54, 1.807) is 0 Å². The zero-order valence-corrected chi connectivity index (χ0v) is 11.7. The van der Waals surface area contributed by atoms with Crippen molar-refractivity contribution in [1.82, 2.24) is 0 Å². The van der Waals surface area contributed by atoms with Crippen LogP contribution in [-0.2, 0) is 6.54 Å². The smallest absolute Gasteiger partial charge is 0.193 e. The van der Waals surface area contributed by atoms with E-state index in [1.807, 2.05) is 49.4 Å². The SMILES string of the molecule is Cc1ccc(Br)cc1C(=O)c1cccc(CN)c1. The van der Waals surface area contributed by atoms with E-state index in [9.17, 15) is 4.79 Å². The molecule has 0 radical (unpaired) electrons. The highest BCUT2D eigenvalue weighted by atomic mass is 79.9. The van der Waals surface area contributed by atoms with E-state index in [2.05, 4.69) is 15.9 Å². The molecule has 0 aliphatic carbocycles. The van der Waals surface area contributed by atoms with Crippen LogP contribution in [0.25, 0.3) is 0 Å². The lowest BCUT2D eigenvalue weighted by molar-refractivity contribution is 0.103. The molecular weight excluding hydrogens is 290 g/mol. The predicted molar refractivity (Wildman–Crippen MR) is 76.6 cm³/mol. The molecule has 0 aromatic heterocycles. The van der Waals surface area contributed by atoms with E-state index in [4.69, 9.17) is 5.73 Å². The monoisotopic (exact) mass is 303 g/mol. The molecule has 18 heavy (non-hydrogen) atoms. The number of ketones is 1. The molecule has 0 aliphatic heterocycles. The van der Waals surface area contributed by atoms with Crippen LogP contribution in [0.5, 0.6) is 0 Å². The largest absolute Gasteiger partial charge is 0.326 e. The average molecular weight is 304 g/mol. The first-order chi connectivity index (χ1) is 8.61. The van der Waals surface area contributed by atoms with Gasteiger partial charge in [-0.05, 0) is 36.2 Å². The van der Waals surface area contributed by atoms with E-state index in [1.165, 1.54) is 0 Å². The second-order valence-corrected chi connectivity index (χ2v) is 5.11. The van der Waals surface area contributed by atoms with Crippen molar-refractivity contribution < 1.29 is 4.79 Å². The molecule has 2 rings (SSSR count). The summed E-state index contributed by atoms with van der Waals surface area (Å²) < 4.78 is 0.909. The van der Waals surface area contributed by atoms with Crippen molar-refractivity contribution in [3.8, 4) is 0 Å². The van der Waals surface area contributed by atoms with Crippen molar-refractivity contribution >= 4 is 21.7 Å². The number of hydrogen-bond donors (Lipinski definition) is 1. The molecular formula is C15H14BrNO. The normalized spacial score (nSPS) is 10.4. The summed E-state index contributed by atoms with van der Waals surface area (Å²) in [6.07, 6.45) is 0. The van der Waals surface area contributed by atoms with E-state index >= 15 is 0 Å². The number of carbonyl (C=O) groups excluding carboxylic acids is 1. The molecule has 0 saturated heterocycles. The summed E-state index contributed by atoms with van der Waals surface area (Å²) in [5.41, 5.74) is 8.93. The van der Waals surface area contributed by atoms with Crippen LogP contribution < -0.4 is 5.73 Å². The number of rotatable bonds is 3. The first-order valence-corrected chi connectivity index (χ1v) is 6.51. The average Bonchev–Trinajstić information content (AvgIpc) is 2.41. The standard InChI is InChI=1S/C15H14BrNO/c1-10-5-6-13(16)8-14(10)15(18)12-4-2-3-11(7-12)9-17/h2-8H,9,17H2,1H3. The Labute approximate surface area is 115 Å². The third kappa shape index (κ3) is 2.68. The molecule has 0 saturated carbocycles. The Balaban J connectivity index is 2.44. The Morgan fingerprint density at radius 3 is 2.72 bits per heavy atom. The lowest BCUT2D eigenvalue weighted by Gasteiger charge is -2.07. The minimum Gasteiger partial charge on any atom is -0.326 e. The number of carbonyl (C=O) groups is 1. The van der Waals surface area contributed by atoms with Gasteiger partial charge in [-0.1, -0.05) is 40.2 Å². The maximum atomic E-state index is 12.4. The molecule has 3 heteroatoms. The lowest BCUT2D eigenvalue weighted by atomic mass is 9.98. The summed E-state index contributed by atoms with van der Waals surface area (Å²) in [7, 11) is 0. The number of halogens is 1. The van der Waals surface area contributed by atoms with Crippen molar-refractivity contribution in [3.63, 3.8) is 0 Å². The molecule has 0 unspecified atom stereocenters. The molecule has 92 valence electrons. The molecule has 0 amide bonds. The van der Waals surface area contributed by atoms with Gasteiger partial charge in [-0.3, -0.25) is 4.79 Å².